The summed E-state index contributed by atoms with van der Waals surface area (Å²) in [6.45, 7) is 10.3. The van der Waals surface area contributed by atoms with Gasteiger partial charge in [0, 0.05) is 23.0 Å². The van der Waals surface area contributed by atoms with Gasteiger partial charge in [-0.1, -0.05) is 12.1 Å². The molecule has 2 rings (SSSR count). The van der Waals surface area contributed by atoms with Crippen LogP contribution in [0.2, 0.25) is 0 Å². The lowest BCUT2D eigenvalue weighted by Gasteiger charge is -2.13. The number of esters is 1. The highest BCUT2D eigenvalue weighted by molar-refractivity contribution is 7.89. The number of Topliss-reactive ketones (excluding diaryl/α,β-unsaturated/α-hetero) is 1. The molecule has 0 bridgehead atoms. The predicted molar refractivity (Wildman–Crippen MR) is 111 cm³/mol. The molecule has 0 aliphatic heterocycles. The fourth-order valence-corrected chi connectivity index (χ4v) is 4.65. The molecule has 1 aromatic heterocycles. The minimum Gasteiger partial charge on any atom is -0.456 e. The molecule has 1 aromatic carbocycles. The van der Waals surface area contributed by atoms with Crippen molar-refractivity contribution in [3.8, 4) is 0 Å². The molecule has 0 spiro atoms. The van der Waals surface area contributed by atoms with E-state index < -0.39 is 29.1 Å². The van der Waals surface area contributed by atoms with E-state index >= 15 is 0 Å². The SMILES string of the molecule is Cc1ccc(C)c(S(=O)(=O)NCC(=O)OCC(=O)c2cc(C)n(C(C)C)c2C)c1. The summed E-state index contributed by atoms with van der Waals surface area (Å²) in [5.41, 5.74) is 3.64. The first-order chi connectivity index (χ1) is 13.4. The highest BCUT2D eigenvalue weighted by Crippen LogP contribution is 2.20. The van der Waals surface area contributed by atoms with Gasteiger partial charge in [0.25, 0.3) is 0 Å². The van der Waals surface area contributed by atoms with Crippen LogP contribution in [0.4, 0.5) is 0 Å². The van der Waals surface area contributed by atoms with Crippen molar-refractivity contribution in [1.29, 1.82) is 0 Å². The van der Waals surface area contributed by atoms with Crippen molar-refractivity contribution in [2.75, 3.05) is 13.2 Å². The van der Waals surface area contributed by atoms with Crippen molar-refractivity contribution in [2.45, 2.75) is 52.5 Å². The summed E-state index contributed by atoms with van der Waals surface area (Å²) in [6.07, 6.45) is 0. The molecule has 0 saturated heterocycles. The van der Waals surface area contributed by atoms with Gasteiger partial charge in [0.1, 0.15) is 6.54 Å². The van der Waals surface area contributed by atoms with E-state index in [9.17, 15) is 18.0 Å². The predicted octanol–water partition coefficient (Wildman–Crippen LogP) is 3.01. The fraction of sp³-hybridized carbons (Fsp3) is 0.429. The number of hydrogen-bond acceptors (Lipinski definition) is 5. The van der Waals surface area contributed by atoms with Gasteiger partial charge < -0.3 is 9.30 Å². The molecule has 29 heavy (non-hydrogen) atoms. The van der Waals surface area contributed by atoms with E-state index in [4.69, 9.17) is 4.74 Å². The largest absolute Gasteiger partial charge is 0.456 e. The second kappa shape index (κ2) is 8.92. The molecule has 158 valence electrons. The van der Waals surface area contributed by atoms with E-state index in [1.54, 1.807) is 26.0 Å². The molecule has 0 saturated carbocycles. The molecule has 0 unspecified atom stereocenters. The lowest BCUT2D eigenvalue weighted by Crippen LogP contribution is -2.32. The Kier molecular flexibility index (Phi) is 7.02. The van der Waals surface area contributed by atoms with Gasteiger partial charge in [0.2, 0.25) is 15.8 Å². The fourth-order valence-electron chi connectivity index (χ4n) is 3.36. The Bertz CT molecular complexity index is 1040. The van der Waals surface area contributed by atoms with Crippen molar-refractivity contribution in [2.24, 2.45) is 0 Å². The maximum atomic E-state index is 12.4. The van der Waals surface area contributed by atoms with Crippen molar-refractivity contribution in [3.63, 3.8) is 0 Å². The van der Waals surface area contributed by atoms with Crippen molar-refractivity contribution < 1.29 is 22.7 Å². The highest BCUT2D eigenvalue weighted by atomic mass is 32.2. The van der Waals surface area contributed by atoms with E-state index in [0.29, 0.717) is 11.1 Å². The Labute approximate surface area is 172 Å². The van der Waals surface area contributed by atoms with Gasteiger partial charge in [-0.15, -0.1) is 0 Å². The number of nitrogens with zero attached hydrogens (tertiary/aromatic N) is 1. The average molecular weight is 421 g/mol. The maximum Gasteiger partial charge on any atom is 0.321 e. The number of aromatic nitrogens is 1. The van der Waals surface area contributed by atoms with Crippen LogP contribution < -0.4 is 4.72 Å². The van der Waals surface area contributed by atoms with Gasteiger partial charge in [-0.3, -0.25) is 9.59 Å². The zero-order valence-corrected chi connectivity index (χ0v) is 18.5. The third-order valence-electron chi connectivity index (χ3n) is 4.71. The number of benzene rings is 1. The quantitative estimate of drug-likeness (QED) is 0.523. The summed E-state index contributed by atoms with van der Waals surface area (Å²) in [5, 5.41) is 0. The van der Waals surface area contributed by atoms with Crippen LogP contribution in [-0.2, 0) is 19.6 Å². The Morgan fingerprint density at radius 2 is 1.76 bits per heavy atom. The molecule has 0 radical (unpaired) electrons. The van der Waals surface area contributed by atoms with Gasteiger partial charge >= 0.3 is 5.97 Å². The van der Waals surface area contributed by atoms with E-state index in [2.05, 4.69) is 4.72 Å². The van der Waals surface area contributed by atoms with Gasteiger partial charge in [-0.25, -0.2) is 8.42 Å². The van der Waals surface area contributed by atoms with Crippen molar-refractivity contribution >= 4 is 21.8 Å². The number of carbonyl (C=O) groups excluding carboxylic acids is 2. The molecule has 0 atom stereocenters. The number of ketones is 1. The molecular weight excluding hydrogens is 392 g/mol. The summed E-state index contributed by atoms with van der Waals surface area (Å²) < 4.78 is 34.1. The minimum absolute atomic E-state index is 0.113. The summed E-state index contributed by atoms with van der Waals surface area (Å²) in [7, 11) is -3.86. The van der Waals surface area contributed by atoms with E-state index in [-0.39, 0.29) is 16.7 Å². The molecule has 1 N–H and O–H groups in total. The molecule has 0 fully saturated rings. The number of carbonyl (C=O) groups is 2. The number of ether oxygens (including phenoxy) is 1. The van der Waals surface area contributed by atoms with Crippen molar-refractivity contribution in [1.82, 2.24) is 9.29 Å². The van der Waals surface area contributed by atoms with Gasteiger partial charge in [0.05, 0.1) is 4.90 Å². The number of nitrogens with one attached hydrogen (secondary N) is 1. The molecule has 8 heteroatoms. The smallest absolute Gasteiger partial charge is 0.321 e. The van der Waals surface area contributed by atoms with Crippen LogP contribution in [0, 0.1) is 27.7 Å². The van der Waals surface area contributed by atoms with Crippen LogP contribution in [0.1, 0.15) is 52.8 Å². The second-order valence-corrected chi connectivity index (χ2v) is 9.16. The van der Waals surface area contributed by atoms with Crippen LogP contribution in [0.5, 0.6) is 0 Å². The first-order valence-electron chi connectivity index (χ1n) is 9.38. The van der Waals surface area contributed by atoms with Crippen LogP contribution in [0.25, 0.3) is 0 Å². The number of aryl methyl sites for hydroxylation is 3. The average Bonchev–Trinajstić information content (AvgIpc) is 2.94. The topological polar surface area (TPSA) is 94.5 Å². The summed E-state index contributed by atoms with van der Waals surface area (Å²) >= 11 is 0. The molecule has 0 aliphatic rings. The first kappa shape index (κ1) is 22.8. The van der Waals surface area contributed by atoms with Crippen LogP contribution >= 0.6 is 0 Å². The van der Waals surface area contributed by atoms with E-state index in [0.717, 1.165) is 17.0 Å². The molecular formula is C21H28N2O5S. The Balaban J connectivity index is 1.97. The summed E-state index contributed by atoms with van der Waals surface area (Å²) in [4.78, 5) is 24.5. The Morgan fingerprint density at radius 1 is 1.10 bits per heavy atom. The third-order valence-corrected chi connectivity index (χ3v) is 6.25. The van der Waals surface area contributed by atoms with Crippen LogP contribution in [0.3, 0.4) is 0 Å². The lowest BCUT2D eigenvalue weighted by molar-refractivity contribution is -0.141. The number of rotatable bonds is 8. The van der Waals surface area contributed by atoms with Gasteiger partial charge in [-0.05, 0) is 64.8 Å². The molecule has 2 aromatic rings. The van der Waals surface area contributed by atoms with Gasteiger partial charge in [0.15, 0.2) is 6.61 Å². The highest BCUT2D eigenvalue weighted by Gasteiger charge is 2.21. The van der Waals surface area contributed by atoms with Crippen molar-refractivity contribution in [3.05, 3.63) is 52.3 Å². The Hall–Kier alpha value is -2.45. The maximum absolute atomic E-state index is 12.4. The van der Waals surface area contributed by atoms with E-state index in [1.165, 1.54) is 6.07 Å². The summed E-state index contributed by atoms with van der Waals surface area (Å²) in [5.74, 6) is -1.14. The third kappa shape index (κ3) is 5.33. The molecule has 0 amide bonds. The molecule has 7 nitrogen and oxygen atoms in total. The number of sulfonamides is 1. The Morgan fingerprint density at radius 3 is 2.34 bits per heavy atom. The first-order valence-corrected chi connectivity index (χ1v) is 10.9. The zero-order chi connectivity index (χ0) is 21.9. The number of hydrogen-bond donors (Lipinski definition) is 1. The lowest BCUT2D eigenvalue weighted by atomic mass is 10.1. The standard InChI is InChI=1S/C21H28N2O5S/c1-13(2)23-16(5)10-18(17(23)6)19(24)12-28-21(25)11-22-29(26,27)20-9-14(3)7-8-15(20)4/h7-10,13,22H,11-12H2,1-6H3. The molecule has 1 heterocycles. The van der Waals surface area contributed by atoms with E-state index in [1.807, 2.05) is 38.3 Å². The van der Waals surface area contributed by atoms with Crippen LogP contribution in [-0.4, -0.2) is 37.9 Å². The monoisotopic (exact) mass is 420 g/mol. The normalized spacial score (nSPS) is 11.7. The second-order valence-electron chi connectivity index (χ2n) is 7.43. The minimum atomic E-state index is -3.86. The van der Waals surface area contributed by atoms with Gasteiger partial charge in [-0.2, -0.15) is 4.72 Å². The summed E-state index contributed by atoms with van der Waals surface area (Å²) in [6, 6.07) is 7.03. The molecule has 0 aliphatic carbocycles. The zero-order valence-electron chi connectivity index (χ0n) is 17.7. The van der Waals surface area contributed by atoms with Crippen LogP contribution in [0.15, 0.2) is 29.2 Å².